The van der Waals surface area contributed by atoms with E-state index >= 15 is 0 Å². The predicted octanol–water partition coefficient (Wildman–Crippen LogP) is 1.48. The van der Waals surface area contributed by atoms with E-state index in [2.05, 4.69) is 5.32 Å². The van der Waals surface area contributed by atoms with Crippen molar-refractivity contribution in [2.45, 2.75) is 46.0 Å². The Bertz CT molecular complexity index is 323. The number of hydrogen-bond donors (Lipinski definition) is 1. The Kier molecular flexibility index (Phi) is 8.35. The first kappa shape index (κ1) is 18.0. The second-order valence-corrected chi connectivity index (χ2v) is 6.05. The first-order valence-corrected chi connectivity index (χ1v) is 8.29. The molecular formula is C16H31N3O2. The van der Waals surface area contributed by atoms with E-state index in [1.54, 1.807) is 9.80 Å². The first-order valence-electron chi connectivity index (χ1n) is 8.29. The highest BCUT2D eigenvalue weighted by Gasteiger charge is 2.17. The molecule has 0 radical (unpaired) electrons. The molecule has 0 saturated heterocycles. The number of hydrogen-bond acceptors (Lipinski definition) is 3. The highest BCUT2D eigenvalue weighted by atomic mass is 16.2. The van der Waals surface area contributed by atoms with Gasteiger partial charge in [0.15, 0.2) is 0 Å². The lowest BCUT2D eigenvalue weighted by Crippen LogP contribution is -2.43. The van der Waals surface area contributed by atoms with Gasteiger partial charge in [-0.1, -0.05) is 19.3 Å². The molecule has 1 rings (SSSR count). The third-order valence-corrected chi connectivity index (χ3v) is 4.25. The Balaban J connectivity index is 2.21. The number of likely N-dealkylation sites (N-methyl/N-ethyl adjacent to an activating group) is 2. The van der Waals surface area contributed by atoms with Crippen molar-refractivity contribution < 1.29 is 9.59 Å². The third-order valence-electron chi connectivity index (χ3n) is 4.25. The van der Waals surface area contributed by atoms with Crippen molar-refractivity contribution in [3.05, 3.63) is 0 Å². The van der Waals surface area contributed by atoms with Crippen molar-refractivity contribution in [3.8, 4) is 0 Å². The summed E-state index contributed by atoms with van der Waals surface area (Å²) in [6.07, 6.45) is 6.38. The summed E-state index contributed by atoms with van der Waals surface area (Å²) in [5.74, 6) is 0.753. The monoisotopic (exact) mass is 297 g/mol. The van der Waals surface area contributed by atoms with Gasteiger partial charge in [0.2, 0.25) is 11.8 Å². The van der Waals surface area contributed by atoms with Crippen LogP contribution in [-0.2, 0) is 9.59 Å². The summed E-state index contributed by atoms with van der Waals surface area (Å²) in [6.45, 7) is 6.76. The second kappa shape index (κ2) is 9.77. The largest absolute Gasteiger partial charge is 0.355 e. The zero-order chi connectivity index (χ0) is 15.7. The van der Waals surface area contributed by atoms with Gasteiger partial charge in [-0.2, -0.15) is 0 Å². The summed E-state index contributed by atoms with van der Waals surface area (Å²) < 4.78 is 0. The lowest BCUT2D eigenvalue weighted by molar-refractivity contribution is -0.132. The molecule has 5 heteroatoms. The van der Waals surface area contributed by atoms with Crippen molar-refractivity contribution in [3.63, 3.8) is 0 Å². The molecule has 0 aromatic heterocycles. The highest BCUT2D eigenvalue weighted by molar-refractivity contribution is 5.81. The Hall–Kier alpha value is -1.10. The van der Waals surface area contributed by atoms with E-state index in [1.807, 2.05) is 20.9 Å². The molecular weight excluding hydrogens is 266 g/mol. The maximum Gasteiger partial charge on any atom is 0.236 e. The maximum atomic E-state index is 12.0. The van der Waals surface area contributed by atoms with E-state index < -0.39 is 0 Å². The van der Waals surface area contributed by atoms with Crippen molar-refractivity contribution in [2.24, 2.45) is 5.92 Å². The minimum Gasteiger partial charge on any atom is -0.355 e. The Morgan fingerprint density at radius 1 is 1.05 bits per heavy atom. The van der Waals surface area contributed by atoms with Crippen LogP contribution in [0.15, 0.2) is 0 Å². The minimum absolute atomic E-state index is 0.0235. The molecule has 0 atom stereocenters. The minimum atomic E-state index is 0.0235. The van der Waals surface area contributed by atoms with Crippen LogP contribution in [0.5, 0.6) is 0 Å². The lowest BCUT2D eigenvalue weighted by atomic mass is 9.89. The molecule has 0 aromatic carbocycles. The normalized spacial score (nSPS) is 16.0. The van der Waals surface area contributed by atoms with Crippen LogP contribution in [0.3, 0.4) is 0 Å². The van der Waals surface area contributed by atoms with Gasteiger partial charge in [0, 0.05) is 19.6 Å². The zero-order valence-electron chi connectivity index (χ0n) is 13.9. The highest BCUT2D eigenvalue weighted by Crippen LogP contribution is 2.22. The Morgan fingerprint density at radius 2 is 1.67 bits per heavy atom. The molecule has 122 valence electrons. The molecule has 0 aliphatic heterocycles. The van der Waals surface area contributed by atoms with E-state index in [1.165, 1.54) is 32.1 Å². The average molecular weight is 297 g/mol. The molecule has 21 heavy (non-hydrogen) atoms. The average Bonchev–Trinajstić information content (AvgIpc) is 2.47. The smallest absolute Gasteiger partial charge is 0.236 e. The Labute approximate surface area is 129 Å². The third kappa shape index (κ3) is 6.93. The fraction of sp³-hybridized carbons (Fsp3) is 0.875. The van der Waals surface area contributed by atoms with Crippen LogP contribution in [-0.4, -0.2) is 61.4 Å². The molecule has 1 N–H and O–H groups in total. The van der Waals surface area contributed by atoms with Crippen molar-refractivity contribution in [2.75, 3.05) is 39.8 Å². The summed E-state index contributed by atoms with van der Waals surface area (Å²) in [5.41, 5.74) is 0. The molecule has 0 bridgehead atoms. The second-order valence-electron chi connectivity index (χ2n) is 6.05. The van der Waals surface area contributed by atoms with Gasteiger partial charge < -0.3 is 10.2 Å². The number of carbonyl (C=O) groups excluding carboxylic acids is 2. The maximum absolute atomic E-state index is 12.0. The Morgan fingerprint density at radius 3 is 2.24 bits per heavy atom. The van der Waals surface area contributed by atoms with Crippen molar-refractivity contribution in [1.82, 2.24) is 15.1 Å². The van der Waals surface area contributed by atoms with Gasteiger partial charge in [-0.3, -0.25) is 14.5 Å². The molecule has 1 fully saturated rings. The number of amides is 2. The summed E-state index contributed by atoms with van der Waals surface area (Å²) in [7, 11) is 1.82. The number of nitrogens with one attached hydrogen (secondary N) is 1. The van der Waals surface area contributed by atoms with Crippen LogP contribution in [0.1, 0.15) is 46.0 Å². The van der Waals surface area contributed by atoms with Crippen molar-refractivity contribution in [1.29, 1.82) is 0 Å². The number of nitrogens with zero attached hydrogens (tertiary/aromatic N) is 2. The number of rotatable bonds is 8. The quantitative estimate of drug-likeness (QED) is 0.738. The number of carbonyl (C=O) groups is 2. The summed E-state index contributed by atoms with van der Waals surface area (Å²) in [5, 5.41) is 3.01. The van der Waals surface area contributed by atoms with Gasteiger partial charge >= 0.3 is 0 Å². The predicted molar refractivity (Wildman–Crippen MR) is 85.0 cm³/mol. The molecule has 0 heterocycles. The first-order chi connectivity index (χ1) is 10.1. The van der Waals surface area contributed by atoms with Crippen molar-refractivity contribution >= 4 is 11.8 Å². The topological polar surface area (TPSA) is 52.7 Å². The zero-order valence-corrected chi connectivity index (χ0v) is 13.9. The van der Waals surface area contributed by atoms with E-state index in [-0.39, 0.29) is 11.8 Å². The van der Waals surface area contributed by atoms with E-state index in [9.17, 15) is 9.59 Å². The fourth-order valence-corrected chi connectivity index (χ4v) is 2.91. The summed E-state index contributed by atoms with van der Waals surface area (Å²) in [4.78, 5) is 27.4. The molecule has 1 saturated carbocycles. The molecule has 1 aliphatic carbocycles. The van der Waals surface area contributed by atoms with Crippen LogP contribution >= 0.6 is 0 Å². The summed E-state index contributed by atoms with van der Waals surface area (Å²) in [6, 6.07) is 0. The van der Waals surface area contributed by atoms with E-state index in [0.29, 0.717) is 19.0 Å². The van der Waals surface area contributed by atoms with E-state index in [0.717, 1.165) is 19.6 Å². The molecule has 0 unspecified atom stereocenters. The van der Waals surface area contributed by atoms with E-state index in [4.69, 9.17) is 0 Å². The van der Waals surface area contributed by atoms with Gasteiger partial charge in [-0.05, 0) is 39.7 Å². The van der Waals surface area contributed by atoms with Gasteiger partial charge in [-0.25, -0.2) is 0 Å². The lowest BCUT2D eigenvalue weighted by Gasteiger charge is -2.24. The van der Waals surface area contributed by atoms with Crippen LogP contribution in [0, 0.1) is 5.92 Å². The van der Waals surface area contributed by atoms with Gasteiger partial charge in [0.1, 0.15) is 0 Å². The van der Waals surface area contributed by atoms with Gasteiger partial charge in [-0.15, -0.1) is 0 Å². The van der Waals surface area contributed by atoms with Gasteiger partial charge in [0.05, 0.1) is 13.1 Å². The van der Waals surface area contributed by atoms with Crippen LogP contribution < -0.4 is 5.32 Å². The SMILES string of the molecule is CCN(CC)C(=O)CN(C)CC(=O)NCC1CCCCC1. The molecule has 2 amide bonds. The fourth-order valence-electron chi connectivity index (χ4n) is 2.91. The molecule has 0 aromatic rings. The molecule has 1 aliphatic rings. The summed E-state index contributed by atoms with van der Waals surface area (Å²) >= 11 is 0. The van der Waals surface area contributed by atoms with Crippen LogP contribution in [0.4, 0.5) is 0 Å². The van der Waals surface area contributed by atoms with Gasteiger partial charge in [0.25, 0.3) is 0 Å². The standard InChI is InChI=1S/C16H31N3O2/c1-4-19(5-2)16(21)13-18(3)12-15(20)17-11-14-9-7-6-8-10-14/h14H,4-13H2,1-3H3,(H,17,20). The molecule has 5 nitrogen and oxygen atoms in total. The molecule has 0 spiro atoms. The van der Waals surface area contributed by atoms with Crippen LogP contribution in [0.25, 0.3) is 0 Å². The van der Waals surface area contributed by atoms with Crippen LogP contribution in [0.2, 0.25) is 0 Å².